The van der Waals surface area contributed by atoms with Gasteiger partial charge in [0.2, 0.25) is 0 Å². The number of esters is 2. The number of alkyl halides is 10. The Kier molecular flexibility index (Phi) is 10.2. The van der Waals surface area contributed by atoms with Crippen LogP contribution in [0.4, 0.5) is 43.9 Å². The van der Waals surface area contributed by atoms with E-state index in [2.05, 4.69) is 14.8 Å². The molecule has 0 heterocycles. The van der Waals surface area contributed by atoms with Gasteiger partial charge < -0.3 is 14.8 Å². The second kappa shape index (κ2) is 10.8. The van der Waals surface area contributed by atoms with Gasteiger partial charge in [0.1, 0.15) is 0 Å². The number of nitrogens with one attached hydrogen (secondary N) is 1. The van der Waals surface area contributed by atoms with Crippen LogP contribution in [0.1, 0.15) is 25.7 Å². The smallest absolute Gasteiger partial charge is 0.461 e. The van der Waals surface area contributed by atoms with E-state index in [1.807, 2.05) is 0 Å². The third-order valence-corrected chi connectivity index (χ3v) is 3.19. The first kappa shape index (κ1) is 27.2. The van der Waals surface area contributed by atoms with E-state index in [0.717, 1.165) is 0 Å². The lowest BCUT2D eigenvalue weighted by atomic mass is 10.3. The third kappa shape index (κ3) is 8.62. The number of hydrogen-bond donors (Lipinski definition) is 1. The standard InChI is InChI=1S/C14H17F10NO4/c15-11(16,13(19,20)21)9(26)28-7-3-1-5-25-6-2-4-8-29-10(27)12(17,18)14(22,23)24/h25H,1-8H2. The summed E-state index contributed by atoms with van der Waals surface area (Å²) < 4.78 is 129. The molecule has 0 aliphatic carbocycles. The van der Waals surface area contributed by atoms with Crippen LogP contribution in [0.2, 0.25) is 0 Å². The molecule has 0 aliphatic heterocycles. The highest BCUT2D eigenvalue weighted by Crippen LogP contribution is 2.37. The fourth-order valence-electron chi connectivity index (χ4n) is 1.57. The van der Waals surface area contributed by atoms with Crippen LogP contribution in [-0.2, 0) is 19.1 Å². The molecule has 0 atom stereocenters. The topological polar surface area (TPSA) is 64.6 Å². The average molecular weight is 453 g/mol. The molecule has 0 unspecified atom stereocenters. The van der Waals surface area contributed by atoms with Crippen LogP contribution in [0.3, 0.4) is 0 Å². The summed E-state index contributed by atoms with van der Waals surface area (Å²) in [6.07, 6.45) is -11.7. The van der Waals surface area contributed by atoms with E-state index in [0.29, 0.717) is 0 Å². The molecular formula is C14H17F10NO4. The highest BCUT2D eigenvalue weighted by molar-refractivity contribution is 5.79. The molecule has 1 N–H and O–H groups in total. The fourth-order valence-corrected chi connectivity index (χ4v) is 1.57. The quantitative estimate of drug-likeness (QED) is 0.278. The van der Waals surface area contributed by atoms with Crippen LogP contribution in [0.15, 0.2) is 0 Å². The first-order chi connectivity index (χ1) is 13.0. The van der Waals surface area contributed by atoms with Gasteiger partial charge in [0.25, 0.3) is 0 Å². The Hall–Kier alpha value is -1.80. The van der Waals surface area contributed by atoms with Crippen LogP contribution < -0.4 is 5.32 Å². The van der Waals surface area contributed by atoms with Crippen LogP contribution in [-0.4, -0.2) is 62.4 Å². The number of carbonyl (C=O) groups excluding carboxylic acids is 2. The molecule has 0 aromatic rings. The summed E-state index contributed by atoms with van der Waals surface area (Å²) in [4.78, 5) is 21.3. The lowest BCUT2D eigenvalue weighted by Crippen LogP contribution is -2.45. The summed E-state index contributed by atoms with van der Waals surface area (Å²) in [5.41, 5.74) is 0. The van der Waals surface area contributed by atoms with Gasteiger partial charge in [-0.05, 0) is 38.8 Å². The molecule has 0 saturated carbocycles. The molecule has 0 fully saturated rings. The molecule has 0 aromatic heterocycles. The molecule has 0 aliphatic rings. The second-order valence-electron chi connectivity index (χ2n) is 5.58. The van der Waals surface area contributed by atoms with Crippen LogP contribution in [0.5, 0.6) is 0 Å². The zero-order chi connectivity index (χ0) is 22.9. The summed E-state index contributed by atoms with van der Waals surface area (Å²) >= 11 is 0. The van der Waals surface area contributed by atoms with Crippen molar-refractivity contribution in [1.82, 2.24) is 5.32 Å². The van der Waals surface area contributed by atoms with Crippen molar-refractivity contribution in [3.63, 3.8) is 0 Å². The largest absolute Gasteiger partial charge is 0.465 e. The highest BCUT2D eigenvalue weighted by Gasteiger charge is 2.65. The van der Waals surface area contributed by atoms with E-state index in [1.54, 1.807) is 0 Å². The molecule has 0 spiro atoms. The Morgan fingerprint density at radius 3 is 1.17 bits per heavy atom. The van der Waals surface area contributed by atoms with Gasteiger partial charge in [-0.15, -0.1) is 0 Å². The van der Waals surface area contributed by atoms with E-state index in [9.17, 15) is 53.5 Å². The SMILES string of the molecule is O=C(OCCCCNCCCCOC(=O)C(F)(F)C(F)(F)F)C(F)(F)C(F)(F)F. The summed E-state index contributed by atoms with van der Waals surface area (Å²) in [7, 11) is 0. The minimum absolute atomic E-state index is 0.0309. The maximum absolute atomic E-state index is 12.5. The summed E-state index contributed by atoms with van der Waals surface area (Å²) in [5, 5.41) is 2.73. The van der Waals surface area contributed by atoms with E-state index < -0.39 is 49.4 Å². The zero-order valence-electron chi connectivity index (χ0n) is 14.6. The van der Waals surface area contributed by atoms with Crippen molar-refractivity contribution >= 4 is 11.9 Å². The fraction of sp³-hybridized carbons (Fsp3) is 0.857. The first-order valence-corrected chi connectivity index (χ1v) is 7.99. The Morgan fingerprint density at radius 1 is 0.586 bits per heavy atom. The minimum atomic E-state index is -6.05. The first-order valence-electron chi connectivity index (χ1n) is 7.99. The van der Waals surface area contributed by atoms with Gasteiger partial charge in [-0.3, -0.25) is 0 Å². The number of unbranched alkanes of at least 4 members (excludes halogenated alkanes) is 2. The zero-order valence-corrected chi connectivity index (χ0v) is 14.6. The van der Waals surface area contributed by atoms with Gasteiger partial charge in [-0.2, -0.15) is 43.9 Å². The maximum Gasteiger partial charge on any atom is 0.465 e. The summed E-state index contributed by atoms with van der Waals surface area (Å²) in [5.74, 6) is -16.6. The second-order valence-corrected chi connectivity index (χ2v) is 5.58. The molecule has 0 bridgehead atoms. The molecule has 29 heavy (non-hydrogen) atoms. The lowest BCUT2D eigenvalue weighted by Gasteiger charge is -2.17. The van der Waals surface area contributed by atoms with Crippen molar-refractivity contribution in [3.8, 4) is 0 Å². The number of carbonyl (C=O) groups is 2. The summed E-state index contributed by atoms with van der Waals surface area (Å²) in [6, 6.07) is 0. The van der Waals surface area contributed by atoms with Crippen molar-refractivity contribution < 1.29 is 63.0 Å². The van der Waals surface area contributed by atoms with E-state index in [1.165, 1.54) is 0 Å². The Morgan fingerprint density at radius 2 is 0.897 bits per heavy atom. The van der Waals surface area contributed by atoms with Gasteiger partial charge >= 0.3 is 36.1 Å². The van der Waals surface area contributed by atoms with Gasteiger partial charge in [-0.25, -0.2) is 9.59 Å². The van der Waals surface area contributed by atoms with Crippen molar-refractivity contribution in [2.75, 3.05) is 26.3 Å². The maximum atomic E-state index is 12.5. The van der Waals surface area contributed by atoms with Gasteiger partial charge in [0, 0.05) is 0 Å². The Bertz CT molecular complexity index is 487. The molecule has 172 valence electrons. The number of hydrogen-bond acceptors (Lipinski definition) is 5. The molecule has 0 radical (unpaired) electrons. The predicted molar refractivity (Wildman–Crippen MR) is 75.3 cm³/mol. The molecule has 0 rings (SSSR count). The molecular weight excluding hydrogens is 436 g/mol. The Labute approximate surface area is 157 Å². The van der Waals surface area contributed by atoms with Crippen LogP contribution in [0.25, 0.3) is 0 Å². The van der Waals surface area contributed by atoms with Gasteiger partial charge in [0.15, 0.2) is 0 Å². The lowest BCUT2D eigenvalue weighted by molar-refractivity contribution is -0.280. The van der Waals surface area contributed by atoms with E-state index >= 15 is 0 Å². The predicted octanol–water partition coefficient (Wildman–Crippen LogP) is 3.62. The minimum Gasteiger partial charge on any atom is -0.461 e. The van der Waals surface area contributed by atoms with Gasteiger partial charge in [0.05, 0.1) is 13.2 Å². The monoisotopic (exact) mass is 453 g/mol. The van der Waals surface area contributed by atoms with Crippen molar-refractivity contribution in [1.29, 1.82) is 0 Å². The van der Waals surface area contributed by atoms with E-state index in [-0.39, 0.29) is 38.8 Å². The molecule has 0 saturated heterocycles. The molecule has 0 aromatic carbocycles. The van der Waals surface area contributed by atoms with E-state index in [4.69, 9.17) is 0 Å². The third-order valence-electron chi connectivity index (χ3n) is 3.19. The number of halogens is 10. The van der Waals surface area contributed by atoms with Crippen molar-refractivity contribution in [3.05, 3.63) is 0 Å². The van der Waals surface area contributed by atoms with Crippen molar-refractivity contribution in [2.24, 2.45) is 0 Å². The van der Waals surface area contributed by atoms with Gasteiger partial charge in [-0.1, -0.05) is 0 Å². The molecule has 0 amide bonds. The molecule has 5 nitrogen and oxygen atoms in total. The highest BCUT2D eigenvalue weighted by atomic mass is 19.4. The normalized spacial score (nSPS) is 13.3. The van der Waals surface area contributed by atoms with Crippen LogP contribution >= 0.6 is 0 Å². The Balaban J connectivity index is 3.74. The average Bonchev–Trinajstić information content (AvgIpc) is 2.56. The van der Waals surface area contributed by atoms with Crippen LogP contribution in [0, 0.1) is 0 Å². The number of ether oxygens (including phenoxy) is 2. The van der Waals surface area contributed by atoms with Crippen molar-refractivity contribution in [2.45, 2.75) is 49.9 Å². The molecule has 15 heteroatoms. The summed E-state index contributed by atoms with van der Waals surface area (Å²) in [6.45, 7) is -0.899. The number of rotatable bonds is 12.